The molecule has 0 bridgehead atoms. The van der Waals surface area contributed by atoms with Crippen LogP contribution in [0.2, 0.25) is 0 Å². The van der Waals surface area contributed by atoms with Crippen LogP contribution >= 0.6 is 11.3 Å². The van der Waals surface area contributed by atoms with E-state index in [0.717, 1.165) is 16.0 Å². The summed E-state index contributed by atoms with van der Waals surface area (Å²) in [6.07, 6.45) is 7.77. The lowest BCUT2D eigenvalue weighted by Gasteiger charge is -2.26. The smallest absolute Gasteiger partial charge is 0.410 e. The Morgan fingerprint density at radius 2 is 2.23 bits per heavy atom. The molecule has 1 aliphatic carbocycles. The van der Waals surface area contributed by atoms with Crippen LogP contribution in [0.3, 0.4) is 0 Å². The van der Waals surface area contributed by atoms with Gasteiger partial charge in [0.2, 0.25) is 5.91 Å². The van der Waals surface area contributed by atoms with Gasteiger partial charge < -0.3 is 15.0 Å². The number of anilines is 1. The van der Waals surface area contributed by atoms with Gasteiger partial charge >= 0.3 is 6.09 Å². The Balaban J connectivity index is 1.69. The highest BCUT2D eigenvalue weighted by molar-refractivity contribution is 7.16. The topological polar surface area (TPSA) is 95.3 Å². The summed E-state index contributed by atoms with van der Waals surface area (Å²) in [7, 11) is 0. The monoisotopic (exact) mass is 424 g/mol. The first kappa shape index (κ1) is 21.5. The second-order valence-corrected chi connectivity index (χ2v) is 7.95. The molecule has 3 rings (SSSR count). The SMILES string of the molecule is CCN(CC)C(=O)OC1CCc2c(sc(NC(=O)/C=C/c3cccnc3)c2C#N)C1. The van der Waals surface area contributed by atoms with E-state index >= 15 is 0 Å². The highest BCUT2D eigenvalue weighted by atomic mass is 32.1. The number of pyridine rings is 1. The second-order valence-electron chi connectivity index (χ2n) is 6.85. The van der Waals surface area contributed by atoms with E-state index < -0.39 is 0 Å². The van der Waals surface area contributed by atoms with E-state index in [4.69, 9.17) is 4.74 Å². The molecule has 1 atom stereocenters. The van der Waals surface area contributed by atoms with Gasteiger partial charge in [0.15, 0.2) is 0 Å². The Morgan fingerprint density at radius 3 is 2.90 bits per heavy atom. The summed E-state index contributed by atoms with van der Waals surface area (Å²) in [6, 6.07) is 5.86. The van der Waals surface area contributed by atoms with Gasteiger partial charge in [-0.25, -0.2) is 4.79 Å². The summed E-state index contributed by atoms with van der Waals surface area (Å²) in [4.78, 5) is 31.2. The maximum atomic E-state index is 12.3. The third-order valence-corrected chi connectivity index (χ3v) is 6.14. The van der Waals surface area contributed by atoms with Crippen molar-refractivity contribution in [3.8, 4) is 6.07 Å². The molecule has 0 fully saturated rings. The van der Waals surface area contributed by atoms with Crippen LogP contribution < -0.4 is 5.32 Å². The molecular formula is C22H24N4O3S. The molecule has 2 amide bonds. The molecule has 2 heterocycles. The van der Waals surface area contributed by atoms with Crippen molar-refractivity contribution in [1.82, 2.24) is 9.88 Å². The number of ether oxygens (including phenoxy) is 1. The summed E-state index contributed by atoms with van der Waals surface area (Å²) in [6.45, 7) is 5.04. The Hall–Kier alpha value is -3.18. The van der Waals surface area contributed by atoms with Gasteiger partial charge in [-0.2, -0.15) is 5.26 Å². The molecule has 1 N–H and O–H groups in total. The Bertz CT molecular complexity index is 974. The zero-order chi connectivity index (χ0) is 21.5. The van der Waals surface area contributed by atoms with Gasteiger partial charge in [-0.1, -0.05) is 6.07 Å². The fraction of sp³-hybridized carbons (Fsp3) is 0.364. The minimum absolute atomic E-state index is 0.218. The number of carbonyl (C=O) groups excluding carboxylic acids is 2. The molecule has 2 aromatic heterocycles. The van der Waals surface area contributed by atoms with E-state index in [1.807, 2.05) is 19.9 Å². The summed E-state index contributed by atoms with van der Waals surface area (Å²) in [5.74, 6) is -0.307. The number of carbonyl (C=O) groups is 2. The van der Waals surface area contributed by atoms with Gasteiger partial charge in [0.05, 0.1) is 5.56 Å². The predicted octanol–water partition coefficient (Wildman–Crippen LogP) is 4.00. The molecule has 1 aliphatic rings. The summed E-state index contributed by atoms with van der Waals surface area (Å²) < 4.78 is 5.65. The van der Waals surface area contributed by atoms with Gasteiger partial charge in [-0.05, 0) is 50.0 Å². The molecule has 156 valence electrons. The molecule has 0 spiro atoms. The van der Waals surface area contributed by atoms with Crippen molar-refractivity contribution in [2.45, 2.75) is 39.2 Å². The van der Waals surface area contributed by atoms with Gasteiger partial charge in [0.25, 0.3) is 0 Å². The minimum Gasteiger partial charge on any atom is -0.446 e. The lowest BCUT2D eigenvalue weighted by molar-refractivity contribution is -0.111. The highest BCUT2D eigenvalue weighted by Crippen LogP contribution is 2.38. The lowest BCUT2D eigenvalue weighted by atomic mass is 9.94. The number of thiophene rings is 1. The second kappa shape index (κ2) is 10.0. The van der Waals surface area contributed by atoms with Crippen molar-refractivity contribution in [2.75, 3.05) is 18.4 Å². The van der Waals surface area contributed by atoms with Crippen molar-refractivity contribution < 1.29 is 14.3 Å². The Morgan fingerprint density at radius 1 is 1.43 bits per heavy atom. The standard InChI is InChI=1S/C22H24N4O3S/c1-3-26(4-2)22(28)29-16-8-9-17-18(13-23)21(30-19(17)12-16)25-20(27)10-7-15-6-5-11-24-14-15/h5-7,10-11,14,16H,3-4,8-9,12H2,1-2H3,(H,25,27)/b10-7+. The third kappa shape index (κ3) is 5.05. The average molecular weight is 425 g/mol. The first-order valence-corrected chi connectivity index (χ1v) is 10.8. The fourth-order valence-electron chi connectivity index (χ4n) is 3.36. The maximum absolute atomic E-state index is 12.3. The molecule has 0 radical (unpaired) electrons. The summed E-state index contributed by atoms with van der Waals surface area (Å²) in [5.41, 5.74) is 2.27. The Labute approximate surface area is 180 Å². The van der Waals surface area contributed by atoms with Crippen LogP contribution in [-0.2, 0) is 22.4 Å². The number of nitrogens with one attached hydrogen (secondary N) is 1. The number of fused-ring (bicyclic) bond motifs is 1. The average Bonchev–Trinajstić information content (AvgIpc) is 3.09. The largest absolute Gasteiger partial charge is 0.446 e. The first-order valence-electron chi connectivity index (χ1n) is 9.94. The number of rotatable bonds is 6. The van der Waals surface area contributed by atoms with E-state index in [1.165, 1.54) is 17.4 Å². The van der Waals surface area contributed by atoms with Crippen LogP contribution in [0, 0.1) is 11.3 Å². The normalized spacial score (nSPS) is 15.3. The van der Waals surface area contributed by atoms with Gasteiger partial charge in [-0.3, -0.25) is 9.78 Å². The number of hydrogen-bond donors (Lipinski definition) is 1. The van der Waals surface area contributed by atoms with Crippen molar-refractivity contribution in [1.29, 1.82) is 5.26 Å². The summed E-state index contributed by atoms with van der Waals surface area (Å²) >= 11 is 1.38. The van der Waals surface area contributed by atoms with E-state index in [-0.39, 0.29) is 18.1 Å². The van der Waals surface area contributed by atoms with Crippen molar-refractivity contribution >= 4 is 34.4 Å². The van der Waals surface area contributed by atoms with Crippen LogP contribution in [0.1, 0.15) is 41.8 Å². The van der Waals surface area contributed by atoms with Crippen LogP contribution in [0.5, 0.6) is 0 Å². The molecule has 7 nitrogen and oxygen atoms in total. The number of nitriles is 1. The summed E-state index contributed by atoms with van der Waals surface area (Å²) in [5, 5.41) is 13.0. The molecule has 30 heavy (non-hydrogen) atoms. The van der Waals surface area contributed by atoms with Crippen LogP contribution in [-0.4, -0.2) is 41.1 Å². The van der Waals surface area contributed by atoms with Gasteiger partial charge in [0, 0.05) is 42.9 Å². The quantitative estimate of drug-likeness (QED) is 0.707. The van der Waals surface area contributed by atoms with E-state index in [2.05, 4.69) is 16.4 Å². The van der Waals surface area contributed by atoms with Gasteiger partial charge in [0.1, 0.15) is 17.2 Å². The van der Waals surface area contributed by atoms with Crippen LogP contribution in [0.4, 0.5) is 9.80 Å². The molecule has 2 aromatic rings. The van der Waals surface area contributed by atoms with Crippen LogP contribution in [0.15, 0.2) is 30.6 Å². The van der Waals surface area contributed by atoms with E-state index in [9.17, 15) is 14.9 Å². The molecular weight excluding hydrogens is 400 g/mol. The number of hydrogen-bond acceptors (Lipinski definition) is 6. The lowest BCUT2D eigenvalue weighted by Crippen LogP contribution is -2.35. The minimum atomic E-state index is -0.307. The predicted molar refractivity (Wildman–Crippen MR) is 116 cm³/mol. The van der Waals surface area contributed by atoms with Crippen LogP contribution in [0.25, 0.3) is 6.08 Å². The molecule has 0 aliphatic heterocycles. The number of aromatic nitrogens is 1. The molecule has 0 aromatic carbocycles. The highest BCUT2D eigenvalue weighted by Gasteiger charge is 2.29. The molecule has 0 saturated heterocycles. The van der Waals surface area contributed by atoms with E-state index in [0.29, 0.717) is 42.9 Å². The van der Waals surface area contributed by atoms with Crippen molar-refractivity contribution in [2.24, 2.45) is 0 Å². The van der Waals surface area contributed by atoms with Crippen molar-refractivity contribution in [3.63, 3.8) is 0 Å². The first-order chi connectivity index (χ1) is 14.5. The zero-order valence-electron chi connectivity index (χ0n) is 17.1. The number of nitrogens with zero attached hydrogens (tertiary/aromatic N) is 3. The maximum Gasteiger partial charge on any atom is 0.410 e. The van der Waals surface area contributed by atoms with E-state index in [1.54, 1.807) is 29.4 Å². The molecule has 1 unspecified atom stereocenters. The molecule has 8 heteroatoms. The number of amides is 2. The molecule has 0 saturated carbocycles. The van der Waals surface area contributed by atoms with Gasteiger partial charge in [-0.15, -0.1) is 11.3 Å². The fourth-order valence-corrected chi connectivity index (χ4v) is 4.63. The third-order valence-electron chi connectivity index (χ3n) is 4.97. The Kier molecular flexibility index (Phi) is 7.20. The zero-order valence-corrected chi connectivity index (χ0v) is 17.9. The van der Waals surface area contributed by atoms with Crippen molar-refractivity contribution in [3.05, 3.63) is 52.2 Å².